The number of nitrogens with one attached hydrogen (secondary N) is 2. The van der Waals surface area contributed by atoms with Crippen molar-refractivity contribution in [1.82, 2.24) is 20.4 Å². The molecule has 0 atom stereocenters. The molecule has 3 aromatic rings. The molecule has 3 aromatic carbocycles. The van der Waals surface area contributed by atoms with E-state index in [1.54, 1.807) is 17.0 Å². The van der Waals surface area contributed by atoms with Crippen LogP contribution in [-0.2, 0) is 4.79 Å². The number of hydrogen-bond acceptors (Lipinski definition) is 4. The van der Waals surface area contributed by atoms with Gasteiger partial charge in [-0.25, -0.2) is 0 Å². The van der Waals surface area contributed by atoms with Gasteiger partial charge < -0.3 is 20.4 Å². The zero-order valence-electron chi connectivity index (χ0n) is 19.0. The number of hydrogen-bond donors (Lipinski definition) is 2. The summed E-state index contributed by atoms with van der Waals surface area (Å²) in [6.45, 7) is 2.85. The highest BCUT2D eigenvalue weighted by Crippen LogP contribution is 2.33. The Morgan fingerprint density at radius 2 is 1.59 bits per heavy atom. The monoisotopic (exact) mass is 456 g/mol. The molecule has 2 heterocycles. The fourth-order valence-corrected chi connectivity index (χ4v) is 5.00. The van der Waals surface area contributed by atoms with Gasteiger partial charge in [0.05, 0.1) is 6.67 Å². The molecule has 0 aromatic heterocycles. The van der Waals surface area contributed by atoms with E-state index in [2.05, 4.69) is 15.5 Å². The van der Waals surface area contributed by atoms with E-state index in [1.807, 2.05) is 60.7 Å². The topological polar surface area (TPSA) is 81.8 Å². The van der Waals surface area contributed by atoms with Gasteiger partial charge in [-0.3, -0.25) is 14.4 Å². The molecule has 3 amide bonds. The van der Waals surface area contributed by atoms with Crippen LogP contribution in [0.1, 0.15) is 33.6 Å². The molecule has 2 aliphatic rings. The molecule has 2 saturated heterocycles. The molecule has 5 rings (SSSR count). The van der Waals surface area contributed by atoms with Gasteiger partial charge in [-0.1, -0.05) is 48.5 Å². The highest BCUT2D eigenvalue weighted by atomic mass is 16.2. The van der Waals surface area contributed by atoms with Crippen LogP contribution in [0.4, 0.5) is 0 Å². The van der Waals surface area contributed by atoms with E-state index in [9.17, 15) is 14.4 Å². The Labute approximate surface area is 198 Å². The lowest BCUT2D eigenvalue weighted by Gasteiger charge is -2.42. The van der Waals surface area contributed by atoms with Crippen molar-refractivity contribution in [3.8, 4) is 0 Å². The van der Waals surface area contributed by atoms with E-state index in [-0.39, 0.29) is 24.4 Å². The van der Waals surface area contributed by atoms with Crippen LogP contribution in [0.25, 0.3) is 10.8 Å². The highest BCUT2D eigenvalue weighted by Gasteiger charge is 2.52. The fourth-order valence-electron chi connectivity index (χ4n) is 5.00. The number of carbonyl (C=O) groups is 3. The molecule has 34 heavy (non-hydrogen) atoms. The predicted molar refractivity (Wildman–Crippen MR) is 130 cm³/mol. The summed E-state index contributed by atoms with van der Waals surface area (Å²) >= 11 is 0. The molecule has 0 radical (unpaired) electrons. The first-order valence-corrected chi connectivity index (χ1v) is 11.7. The maximum absolute atomic E-state index is 13.1. The zero-order chi connectivity index (χ0) is 23.5. The SMILES string of the molecule is O=C(NCCN1CCC2(CC1)C(=O)NCN2C(=O)c1ccccc1)c1ccc2ccccc2c1. The van der Waals surface area contributed by atoms with E-state index >= 15 is 0 Å². The van der Waals surface area contributed by atoms with Crippen LogP contribution in [0.15, 0.2) is 72.8 Å². The zero-order valence-corrected chi connectivity index (χ0v) is 19.0. The van der Waals surface area contributed by atoms with Crippen LogP contribution in [0, 0.1) is 0 Å². The Hall–Kier alpha value is -3.71. The summed E-state index contributed by atoms with van der Waals surface area (Å²) in [5, 5.41) is 8.03. The van der Waals surface area contributed by atoms with Crippen LogP contribution in [-0.4, -0.2) is 65.9 Å². The lowest BCUT2D eigenvalue weighted by Crippen LogP contribution is -2.58. The maximum atomic E-state index is 13.1. The average Bonchev–Trinajstić information content (AvgIpc) is 3.20. The van der Waals surface area contributed by atoms with E-state index < -0.39 is 5.54 Å². The molecule has 2 aliphatic heterocycles. The van der Waals surface area contributed by atoms with E-state index in [1.165, 1.54) is 0 Å². The van der Waals surface area contributed by atoms with Gasteiger partial charge in [-0.15, -0.1) is 0 Å². The first kappa shape index (κ1) is 22.1. The molecule has 1 spiro atoms. The lowest BCUT2D eigenvalue weighted by molar-refractivity contribution is -0.128. The number of nitrogens with zero attached hydrogens (tertiary/aromatic N) is 2. The number of fused-ring (bicyclic) bond motifs is 1. The van der Waals surface area contributed by atoms with E-state index in [4.69, 9.17) is 0 Å². The second-order valence-electron chi connectivity index (χ2n) is 8.95. The highest BCUT2D eigenvalue weighted by molar-refractivity contribution is 6.01. The number of carbonyl (C=O) groups excluding carboxylic acids is 3. The molecule has 0 unspecified atom stereocenters. The summed E-state index contributed by atoms with van der Waals surface area (Å²) in [5.74, 6) is -0.273. The number of piperidine rings is 1. The third kappa shape index (κ3) is 4.15. The first-order chi connectivity index (χ1) is 16.6. The molecule has 0 aliphatic carbocycles. The van der Waals surface area contributed by atoms with Crippen molar-refractivity contribution in [3.05, 3.63) is 83.9 Å². The molecular formula is C27H28N4O3. The summed E-state index contributed by atoms with van der Waals surface area (Å²) in [4.78, 5) is 42.4. The van der Waals surface area contributed by atoms with Gasteiger partial charge in [-0.2, -0.15) is 0 Å². The Balaban J connectivity index is 1.16. The Bertz CT molecular complexity index is 1220. The molecule has 0 saturated carbocycles. The van der Waals surface area contributed by atoms with Crippen molar-refractivity contribution in [2.45, 2.75) is 18.4 Å². The maximum Gasteiger partial charge on any atom is 0.256 e. The van der Waals surface area contributed by atoms with Crippen molar-refractivity contribution in [2.24, 2.45) is 0 Å². The van der Waals surface area contributed by atoms with Crippen molar-refractivity contribution in [3.63, 3.8) is 0 Å². The summed E-state index contributed by atoms with van der Waals surface area (Å²) in [7, 11) is 0. The van der Waals surface area contributed by atoms with E-state index in [0.29, 0.717) is 50.1 Å². The van der Waals surface area contributed by atoms with Crippen molar-refractivity contribution < 1.29 is 14.4 Å². The third-order valence-corrected chi connectivity index (χ3v) is 7.01. The number of benzene rings is 3. The Morgan fingerprint density at radius 1 is 0.882 bits per heavy atom. The van der Waals surface area contributed by atoms with Gasteiger partial charge in [0, 0.05) is 37.3 Å². The minimum atomic E-state index is -0.794. The van der Waals surface area contributed by atoms with Gasteiger partial charge in [0.2, 0.25) is 5.91 Å². The average molecular weight is 457 g/mol. The smallest absolute Gasteiger partial charge is 0.256 e. The quantitative estimate of drug-likeness (QED) is 0.619. The number of amides is 3. The normalized spacial score (nSPS) is 17.6. The summed E-state index contributed by atoms with van der Waals surface area (Å²) in [6.07, 6.45) is 1.16. The summed E-state index contributed by atoms with van der Waals surface area (Å²) in [5.41, 5.74) is 0.448. The second kappa shape index (κ2) is 9.27. The summed E-state index contributed by atoms with van der Waals surface area (Å²) < 4.78 is 0. The molecular weight excluding hydrogens is 428 g/mol. The molecule has 7 heteroatoms. The van der Waals surface area contributed by atoms with E-state index in [0.717, 1.165) is 10.8 Å². The lowest BCUT2D eigenvalue weighted by atomic mass is 9.85. The number of likely N-dealkylation sites (tertiary alicyclic amines) is 1. The van der Waals surface area contributed by atoms with Gasteiger partial charge in [-0.05, 0) is 47.9 Å². The van der Waals surface area contributed by atoms with Gasteiger partial charge >= 0.3 is 0 Å². The first-order valence-electron chi connectivity index (χ1n) is 11.7. The molecule has 7 nitrogen and oxygen atoms in total. The molecule has 0 bridgehead atoms. The molecule has 174 valence electrons. The van der Waals surface area contributed by atoms with Crippen LogP contribution >= 0.6 is 0 Å². The van der Waals surface area contributed by atoms with Gasteiger partial charge in [0.15, 0.2) is 0 Å². The van der Waals surface area contributed by atoms with Crippen molar-refractivity contribution >= 4 is 28.5 Å². The summed E-state index contributed by atoms with van der Waals surface area (Å²) in [6, 6.07) is 22.8. The standard InChI is InChI=1S/C27H28N4O3/c32-24(23-11-10-20-6-4-5-9-22(20)18-23)28-14-17-30-15-12-27(13-16-30)26(34)29-19-31(27)25(33)21-7-2-1-3-8-21/h1-11,18H,12-17,19H2,(H,28,32)(H,29,34). The van der Waals surface area contributed by atoms with Gasteiger partial charge in [0.25, 0.3) is 11.8 Å². The minimum Gasteiger partial charge on any atom is -0.351 e. The van der Waals surface area contributed by atoms with Crippen molar-refractivity contribution in [2.75, 3.05) is 32.8 Å². The fraction of sp³-hybridized carbons (Fsp3) is 0.296. The Kier molecular flexibility index (Phi) is 6.02. The van der Waals surface area contributed by atoms with Crippen LogP contribution in [0.5, 0.6) is 0 Å². The van der Waals surface area contributed by atoms with Gasteiger partial charge in [0.1, 0.15) is 5.54 Å². The largest absolute Gasteiger partial charge is 0.351 e. The third-order valence-electron chi connectivity index (χ3n) is 7.01. The molecule has 2 fully saturated rings. The predicted octanol–water partition coefficient (Wildman–Crippen LogP) is 2.63. The minimum absolute atomic E-state index is 0.0685. The molecule has 2 N–H and O–H groups in total. The second-order valence-corrected chi connectivity index (χ2v) is 8.95. The van der Waals surface area contributed by atoms with Crippen LogP contribution < -0.4 is 10.6 Å². The van der Waals surface area contributed by atoms with Crippen LogP contribution in [0.2, 0.25) is 0 Å². The van der Waals surface area contributed by atoms with Crippen molar-refractivity contribution in [1.29, 1.82) is 0 Å². The Morgan fingerprint density at radius 3 is 2.35 bits per heavy atom. The van der Waals surface area contributed by atoms with Crippen LogP contribution in [0.3, 0.4) is 0 Å². The number of rotatable bonds is 5.